The molecule has 1 unspecified atom stereocenters. The lowest BCUT2D eigenvalue weighted by Crippen LogP contribution is -2.27. The highest BCUT2D eigenvalue weighted by atomic mass is 79.9. The molecule has 1 aliphatic rings. The van der Waals surface area contributed by atoms with E-state index in [2.05, 4.69) is 57.0 Å². The van der Waals surface area contributed by atoms with Crippen molar-refractivity contribution in [2.75, 3.05) is 6.54 Å². The van der Waals surface area contributed by atoms with E-state index in [1.54, 1.807) is 0 Å². The molecule has 1 aliphatic heterocycles. The molecular formula is C14H17BrN2. The normalized spacial score (nSPS) is 20.2. The van der Waals surface area contributed by atoms with Crippen molar-refractivity contribution < 1.29 is 0 Å². The lowest BCUT2D eigenvalue weighted by Gasteiger charge is -2.14. The summed E-state index contributed by atoms with van der Waals surface area (Å²) in [5.41, 5.74) is 2.67. The van der Waals surface area contributed by atoms with Crippen LogP contribution in [0.15, 0.2) is 28.7 Å². The number of halogens is 1. The molecule has 3 heteroatoms. The number of hydrogen-bond acceptors (Lipinski definition) is 1. The Labute approximate surface area is 110 Å². The van der Waals surface area contributed by atoms with Crippen LogP contribution in [0.4, 0.5) is 0 Å². The van der Waals surface area contributed by atoms with Crippen LogP contribution in [0.1, 0.15) is 18.5 Å². The van der Waals surface area contributed by atoms with Gasteiger partial charge in [0.2, 0.25) is 0 Å². The first-order chi connectivity index (χ1) is 8.27. The molecule has 0 radical (unpaired) electrons. The first-order valence-corrected chi connectivity index (χ1v) is 7.03. The Morgan fingerprint density at radius 3 is 3.00 bits per heavy atom. The Bertz CT molecular complexity index is 538. The number of benzene rings is 1. The molecule has 1 saturated heterocycles. The van der Waals surface area contributed by atoms with Crippen molar-refractivity contribution in [2.24, 2.45) is 0 Å². The molecule has 1 N–H and O–H groups in total. The van der Waals surface area contributed by atoms with Gasteiger partial charge in [0.25, 0.3) is 0 Å². The Kier molecular flexibility index (Phi) is 2.97. The standard InChI is InChI=1S/C14H17BrN2/c1-10-14(15)12-6-2-3-7-13(12)17(10)9-11-5-4-8-16-11/h2-3,6-7,11,16H,4-5,8-9H2,1H3. The van der Waals surface area contributed by atoms with Gasteiger partial charge in [0.1, 0.15) is 0 Å². The predicted octanol–water partition coefficient (Wildman–Crippen LogP) is 3.46. The zero-order valence-electron chi connectivity index (χ0n) is 10.0. The summed E-state index contributed by atoms with van der Waals surface area (Å²) >= 11 is 3.71. The van der Waals surface area contributed by atoms with Gasteiger partial charge in [-0.25, -0.2) is 0 Å². The number of fused-ring (bicyclic) bond motifs is 1. The molecule has 3 rings (SSSR count). The molecule has 0 aliphatic carbocycles. The summed E-state index contributed by atoms with van der Waals surface area (Å²) in [6.45, 7) is 4.45. The summed E-state index contributed by atoms with van der Waals surface area (Å²) in [6, 6.07) is 9.25. The first kappa shape index (κ1) is 11.3. The molecule has 1 atom stereocenters. The second kappa shape index (κ2) is 4.46. The Morgan fingerprint density at radius 2 is 2.24 bits per heavy atom. The minimum Gasteiger partial charge on any atom is -0.342 e. The molecule has 0 bridgehead atoms. The first-order valence-electron chi connectivity index (χ1n) is 6.24. The fraction of sp³-hybridized carbons (Fsp3) is 0.429. The van der Waals surface area contributed by atoms with Gasteiger partial charge in [-0.15, -0.1) is 0 Å². The highest BCUT2D eigenvalue weighted by Crippen LogP contribution is 2.30. The van der Waals surface area contributed by atoms with Gasteiger partial charge >= 0.3 is 0 Å². The number of para-hydroxylation sites is 1. The lowest BCUT2D eigenvalue weighted by atomic mass is 10.2. The van der Waals surface area contributed by atoms with Crippen LogP contribution in [0.2, 0.25) is 0 Å². The second-order valence-corrected chi connectivity index (χ2v) is 5.61. The van der Waals surface area contributed by atoms with E-state index in [0.29, 0.717) is 6.04 Å². The largest absolute Gasteiger partial charge is 0.342 e. The van der Waals surface area contributed by atoms with E-state index < -0.39 is 0 Å². The van der Waals surface area contributed by atoms with Gasteiger partial charge in [-0.05, 0) is 48.3 Å². The molecule has 1 fully saturated rings. The Hall–Kier alpha value is -0.800. The highest BCUT2D eigenvalue weighted by Gasteiger charge is 2.18. The van der Waals surface area contributed by atoms with Gasteiger partial charge in [0.15, 0.2) is 0 Å². The van der Waals surface area contributed by atoms with Crippen molar-refractivity contribution in [3.05, 3.63) is 34.4 Å². The number of hydrogen-bond donors (Lipinski definition) is 1. The van der Waals surface area contributed by atoms with E-state index in [9.17, 15) is 0 Å². The monoisotopic (exact) mass is 292 g/mol. The van der Waals surface area contributed by atoms with Crippen molar-refractivity contribution in [1.29, 1.82) is 0 Å². The smallest absolute Gasteiger partial charge is 0.0494 e. The predicted molar refractivity (Wildman–Crippen MR) is 75.4 cm³/mol. The van der Waals surface area contributed by atoms with Crippen molar-refractivity contribution in [2.45, 2.75) is 32.4 Å². The topological polar surface area (TPSA) is 17.0 Å². The third-order valence-corrected chi connectivity index (χ3v) is 4.72. The van der Waals surface area contributed by atoms with Crippen molar-refractivity contribution in [3.63, 3.8) is 0 Å². The zero-order valence-corrected chi connectivity index (χ0v) is 11.6. The fourth-order valence-electron chi connectivity index (χ4n) is 2.76. The molecule has 2 heterocycles. The van der Waals surface area contributed by atoms with Crippen molar-refractivity contribution >= 4 is 26.8 Å². The number of aromatic nitrogens is 1. The lowest BCUT2D eigenvalue weighted by molar-refractivity contribution is 0.513. The number of nitrogens with zero attached hydrogens (tertiary/aromatic N) is 1. The average molecular weight is 293 g/mol. The fourth-order valence-corrected chi connectivity index (χ4v) is 3.31. The van der Waals surface area contributed by atoms with E-state index >= 15 is 0 Å². The summed E-state index contributed by atoms with van der Waals surface area (Å²) < 4.78 is 3.67. The van der Waals surface area contributed by atoms with Crippen molar-refractivity contribution in [1.82, 2.24) is 9.88 Å². The minimum atomic E-state index is 0.636. The second-order valence-electron chi connectivity index (χ2n) is 4.82. The Balaban J connectivity index is 2.05. The highest BCUT2D eigenvalue weighted by molar-refractivity contribution is 9.10. The third-order valence-electron chi connectivity index (χ3n) is 3.72. The molecule has 1 aromatic heterocycles. The summed E-state index contributed by atoms with van der Waals surface area (Å²) in [6.07, 6.45) is 2.60. The summed E-state index contributed by atoms with van der Waals surface area (Å²) in [7, 11) is 0. The van der Waals surface area contributed by atoms with E-state index in [0.717, 1.165) is 6.54 Å². The van der Waals surface area contributed by atoms with E-state index in [1.807, 2.05) is 0 Å². The molecular weight excluding hydrogens is 276 g/mol. The quantitative estimate of drug-likeness (QED) is 0.897. The zero-order chi connectivity index (χ0) is 11.8. The third kappa shape index (κ3) is 1.91. The molecule has 1 aromatic carbocycles. The van der Waals surface area contributed by atoms with Crippen LogP contribution in [0.3, 0.4) is 0 Å². The van der Waals surface area contributed by atoms with E-state index in [4.69, 9.17) is 0 Å². The van der Waals surface area contributed by atoms with Crippen LogP contribution < -0.4 is 5.32 Å². The van der Waals surface area contributed by atoms with E-state index in [1.165, 1.54) is 40.5 Å². The van der Waals surface area contributed by atoms with Gasteiger partial charge in [-0.3, -0.25) is 0 Å². The van der Waals surface area contributed by atoms with Gasteiger partial charge in [0, 0.05) is 33.7 Å². The van der Waals surface area contributed by atoms with Gasteiger partial charge in [-0.1, -0.05) is 18.2 Å². The average Bonchev–Trinajstić information content (AvgIpc) is 2.94. The van der Waals surface area contributed by atoms with Crippen LogP contribution in [-0.2, 0) is 6.54 Å². The summed E-state index contributed by atoms with van der Waals surface area (Å²) in [4.78, 5) is 0. The SMILES string of the molecule is Cc1c(Br)c2ccccc2n1CC1CCCN1. The molecule has 90 valence electrons. The van der Waals surface area contributed by atoms with Crippen LogP contribution in [0, 0.1) is 6.92 Å². The maximum atomic E-state index is 3.71. The molecule has 0 saturated carbocycles. The number of rotatable bonds is 2. The van der Waals surface area contributed by atoms with Crippen LogP contribution in [0.25, 0.3) is 10.9 Å². The van der Waals surface area contributed by atoms with E-state index in [-0.39, 0.29) is 0 Å². The van der Waals surface area contributed by atoms with Crippen LogP contribution in [-0.4, -0.2) is 17.2 Å². The van der Waals surface area contributed by atoms with Gasteiger partial charge in [0.05, 0.1) is 0 Å². The molecule has 2 nitrogen and oxygen atoms in total. The summed E-state index contributed by atoms with van der Waals surface area (Å²) in [5.74, 6) is 0. The minimum absolute atomic E-state index is 0.636. The Morgan fingerprint density at radius 1 is 1.41 bits per heavy atom. The van der Waals surface area contributed by atoms with Crippen LogP contribution in [0.5, 0.6) is 0 Å². The maximum Gasteiger partial charge on any atom is 0.0494 e. The maximum absolute atomic E-state index is 3.71. The molecule has 2 aromatic rings. The van der Waals surface area contributed by atoms with Crippen molar-refractivity contribution in [3.8, 4) is 0 Å². The molecule has 17 heavy (non-hydrogen) atoms. The number of nitrogens with one attached hydrogen (secondary N) is 1. The van der Waals surface area contributed by atoms with Gasteiger partial charge in [-0.2, -0.15) is 0 Å². The summed E-state index contributed by atoms with van der Waals surface area (Å²) in [5, 5.41) is 4.89. The molecule has 0 amide bonds. The molecule has 0 spiro atoms. The van der Waals surface area contributed by atoms with Crippen LogP contribution >= 0.6 is 15.9 Å². The van der Waals surface area contributed by atoms with Gasteiger partial charge < -0.3 is 9.88 Å².